The van der Waals surface area contributed by atoms with E-state index in [0.29, 0.717) is 23.8 Å². The highest BCUT2D eigenvalue weighted by molar-refractivity contribution is 6.32. The molecule has 3 nitrogen and oxygen atoms in total. The monoisotopic (exact) mass is 226 g/mol. The molecule has 1 aliphatic rings. The summed E-state index contributed by atoms with van der Waals surface area (Å²) in [7, 11) is 0. The van der Waals surface area contributed by atoms with Crippen LogP contribution in [0.3, 0.4) is 0 Å². The van der Waals surface area contributed by atoms with Crippen molar-refractivity contribution < 1.29 is 14.6 Å². The third-order valence-corrected chi connectivity index (χ3v) is 2.84. The summed E-state index contributed by atoms with van der Waals surface area (Å²) in [5, 5.41) is 9.25. The van der Waals surface area contributed by atoms with Crippen LogP contribution in [0.2, 0.25) is 5.02 Å². The van der Waals surface area contributed by atoms with E-state index >= 15 is 0 Å². The van der Waals surface area contributed by atoms with E-state index in [9.17, 15) is 4.79 Å². The average Bonchev–Trinajstić information content (AvgIpc) is 2.96. The first kappa shape index (κ1) is 10.3. The number of carboxylic acid groups (broad SMARTS) is 1. The second-order valence-electron chi connectivity index (χ2n) is 3.68. The van der Waals surface area contributed by atoms with Crippen molar-refractivity contribution >= 4 is 17.6 Å². The standard InChI is InChI=1S/C11H11ClO3/c12-9-3-1-2-4-10(9)15-6-7-5-8(7)11(13)14/h1-4,7-8H,5-6H2,(H,13,14). The Balaban J connectivity index is 1.85. The summed E-state index contributed by atoms with van der Waals surface area (Å²) in [5.74, 6) is -0.204. The first-order valence-electron chi connectivity index (χ1n) is 4.78. The number of ether oxygens (including phenoxy) is 1. The topological polar surface area (TPSA) is 46.5 Å². The summed E-state index contributed by atoms with van der Waals surface area (Å²) < 4.78 is 5.45. The number of aliphatic carboxylic acids is 1. The van der Waals surface area contributed by atoms with Crippen LogP contribution in [0.1, 0.15) is 6.42 Å². The van der Waals surface area contributed by atoms with Crippen molar-refractivity contribution in [3.8, 4) is 5.75 Å². The van der Waals surface area contributed by atoms with Crippen LogP contribution < -0.4 is 4.74 Å². The van der Waals surface area contributed by atoms with E-state index < -0.39 is 5.97 Å². The molecule has 1 saturated carbocycles. The number of carbonyl (C=O) groups is 1. The van der Waals surface area contributed by atoms with Gasteiger partial charge in [0.15, 0.2) is 0 Å². The van der Waals surface area contributed by atoms with E-state index in [1.807, 2.05) is 12.1 Å². The average molecular weight is 227 g/mol. The Labute approximate surface area is 92.6 Å². The van der Waals surface area contributed by atoms with Gasteiger partial charge in [0.05, 0.1) is 17.5 Å². The zero-order valence-electron chi connectivity index (χ0n) is 8.02. The zero-order valence-corrected chi connectivity index (χ0v) is 8.78. The molecular formula is C11H11ClO3. The molecule has 0 radical (unpaired) electrons. The molecule has 4 heteroatoms. The molecule has 0 heterocycles. The highest BCUT2D eigenvalue weighted by atomic mass is 35.5. The van der Waals surface area contributed by atoms with Crippen molar-refractivity contribution in [2.75, 3.05) is 6.61 Å². The van der Waals surface area contributed by atoms with Crippen LogP contribution >= 0.6 is 11.6 Å². The summed E-state index contributed by atoms with van der Waals surface area (Å²) in [5.41, 5.74) is 0. The number of rotatable bonds is 4. The van der Waals surface area contributed by atoms with Crippen molar-refractivity contribution in [3.63, 3.8) is 0 Å². The SMILES string of the molecule is O=C(O)C1CC1COc1ccccc1Cl. The Bertz CT molecular complexity index is 378. The van der Waals surface area contributed by atoms with Gasteiger partial charge in [-0.1, -0.05) is 23.7 Å². The molecule has 0 bridgehead atoms. The lowest BCUT2D eigenvalue weighted by molar-refractivity contribution is -0.138. The van der Waals surface area contributed by atoms with E-state index in [0.717, 1.165) is 0 Å². The summed E-state index contributed by atoms with van der Waals surface area (Å²) in [6.07, 6.45) is 0.708. The maximum absolute atomic E-state index is 10.6. The molecule has 1 aromatic carbocycles. The van der Waals surface area contributed by atoms with E-state index in [1.165, 1.54) is 0 Å². The fraction of sp³-hybridized carbons (Fsp3) is 0.364. The minimum absolute atomic E-state index is 0.138. The summed E-state index contributed by atoms with van der Waals surface area (Å²) in [6, 6.07) is 7.19. The summed E-state index contributed by atoms with van der Waals surface area (Å²) in [4.78, 5) is 10.6. The van der Waals surface area contributed by atoms with Crippen LogP contribution in [0, 0.1) is 11.8 Å². The predicted octanol–water partition coefficient (Wildman–Crippen LogP) is 2.44. The molecule has 1 aromatic rings. The van der Waals surface area contributed by atoms with Gasteiger partial charge in [0.1, 0.15) is 5.75 Å². The normalized spacial score (nSPS) is 23.5. The Morgan fingerprint density at radius 3 is 2.87 bits per heavy atom. The van der Waals surface area contributed by atoms with Gasteiger partial charge in [-0.25, -0.2) is 0 Å². The van der Waals surface area contributed by atoms with Crippen molar-refractivity contribution in [2.45, 2.75) is 6.42 Å². The maximum Gasteiger partial charge on any atom is 0.306 e. The first-order chi connectivity index (χ1) is 7.18. The Kier molecular flexibility index (Phi) is 2.82. The molecule has 80 valence electrons. The van der Waals surface area contributed by atoms with Crippen molar-refractivity contribution in [1.82, 2.24) is 0 Å². The maximum atomic E-state index is 10.6. The minimum atomic E-state index is -0.734. The van der Waals surface area contributed by atoms with Crippen LogP contribution in [0.5, 0.6) is 5.75 Å². The third-order valence-electron chi connectivity index (χ3n) is 2.53. The zero-order chi connectivity index (χ0) is 10.8. The molecule has 1 N–H and O–H groups in total. The number of carboxylic acids is 1. The lowest BCUT2D eigenvalue weighted by Gasteiger charge is -2.06. The van der Waals surface area contributed by atoms with Gasteiger partial charge in [-0.2, -0.15) is 0 Å². The second-order valence-corrected chi connectivity index (χ2v) is 4.09. The Hall–Kier alpha value is -1.22. The molecule has 1 aliphatic carbocycles. The van der Waals surface area contributed by atoms with Crippen LogP contribution in [-0.4, -0.2) is 17.7 Å². The van der Waals surface area contributed by atoms with Crippen LogP contribution in [-0.2, 0) is 4.79 Å². The molecule has 0 amide bonds. The molecule has 0 saturated heterocycles. The smallest absolute Gasteiger partial charge is 0.306 e. The van der Waals surface area contributed by atoms with Gasteiger partial charge in [-0.05, 0) is 18.6 Å². The first-order valence-corrected chi connectivity index (χ1v) is 5.16. The molecular weight excluding hydrogens is 216 g/mol. The molecule has 0 aromatic heterocycles. The molecule has 2 atom stereocenters. The quantitative estimate of drug-likeness (QED) is 0.858. The fourth-order valence-corrected chi connectivity index (χ4v) is 1.68. The van der Waals surface area contributed by atoms with Gasteiger partial charge in [-0.3, -0.25) is 4.79 Å². The molecule has 0 aliphatic heterocycles. The van der Waals surface area contributed by atoms with Gasteiger partial charge >= 0.3 is 5.97 Å². The molecule has 0 spiro atoms. The highest BCUT2D eigenvalue weighted by Gasteiger charge is 2.43. The number of para-hydroxylation sites is 1. The number of benzene rings is 1. The largest absolute Gasteiger partial charge is 0.492 e. The lowest BCUT2D eigenvalue weighted by atomic mass is 10.3. The summed E-state index contributed by atoms with van der Waals surface area (Å²) >= 11 is 5.89. The molecule has 2 unspecified atom stereocenters. The Morgan fingerprint density at radius 1 is 1.53 bits per heavy atom. The molecule has 1 fully saturated rings. The van der Waals surface area contributed by atoms with Crippen LogP contribution in [0.15, 0.2) is 24.3 Å². The van der Waals surface area contributed by atoms with Gasteiger partial charge in [-0.15, -0.1) is 0 Å². The van der Waals surface area contributed by atoms with Crippen LogP contribution in [0.25, 0.3) is 0 Å². The molecule has 15 heavy (non-hydrogen) atoms. The minimum Gasteiger partial charge on any atom is -0.492 e. The van der Waals surface area contributed by atoms with E-state index in [-0.39, 0.29) is 11.8 Å². The van der Waals surface area contributed by atoms with E-state index in [2.05, 4.69) is 0 Å². The van der Waals surface area contributed by atoms with Gasteiger partial charge in [0.2, 0.25) is 0 Å². The van der Waals surface area contributed by atoms with Crippen molar-refractivity contribution in [1.29, 1.82) is 0 Å². The third kappa shape index (κ3) is 2.42. The number of halogens is 1. The van der Waals surface area contributed by atoms with Crippen molar-refractivity contribution in [2.24, 2.45) is 11.8 Å². The second kappa shape index (κ2) is 4.11. The van der Waals surface area contributed by atoms with Gasteiger partial charge in [0.25, 0.3) is 0 Å². The van der Waals surface area contributed by atoms with Crippen molar-refractivity contribution in [3.05, 3.63) is 29.3 Å². The fourth-order valence-electron chi connectivity index (χ4n) is 1.49. The van der Waals surface area contributed by atoms with E-state index in [1.54, 1.807) is 12.1 Å². The number of hydrogen-bond acceptors (Lipinski definition) is 2. The summed E-state index contributed by atoms with van der Waals surface area (Å²) in [6.45, 7) is 0.431. The molecule has 2 rings (SSSR count). The van der Waals surface area contributed by atoms with Gasteiger partial charge < -0.3 is 9.84 Å². The van der Waals surface area contributed by atoms with Crippen LogP contribution in [0.4, 0.5) is 0 Å². The lowest BCUT2D eigenvalue weighted by Crippen LogP contribution is -2.06. The Morgan fingerprint density at radius 2 is 2.27 bits per heavy atom. The predicted molar refractivity (Wildman–Crippen MR) is 56.2 cm³/mol. The number of hydrogen-bond donors (Lipinski definition) is 1. The van der Waals surface area contributed by atoms with Gasteiger partial charge in [0, 0.05) is 5.92 Å². The highest BCUT2D eigenvalue weighted by Crippen LogP contribution is 2.39. The van der Waals surface area contributed by atoms with E-state index in [4.69, 9.17) is 21.4 Å².